The predicted octanol–water partition coefficient (Wildman–Crippen LogP) is 6.08. The average molecular weight is 438 g/mol. The van der Waals surface area contributed by atoms with Crippen LogP contribution in [0.5, 0.6) is 0 Å². The molecule has 1 heterocycles. The van der Waals surface area contributed by atoms with Crippen molar-refractivity contribution in [1.82, 2.24) is 0 Å². The zero-order chi connectivity index (χ0) is 21.4. The van der Waals surface area contributed by atoms with Crippen LogP contribution in [0.2, 0.25) is 10.0 Å². The zero-order valence-electron chi connectivity index (χ0n) is 16.0. The molecule has 1 atom stereocenters. The summed E-state index contributed by atoms with van der Waals surface area (Å²) in [5, 5.41) is 11.8. The lowest BCUT2D eigenvalue weighted by Crippen LogP contribution is -2.31. The van der Waals surface area contributed by atoms with Crippen molar-refractivity contribution >= 4 is 40.6 Å². The smallest absolute Gasteiger partial charge is 0.294 e. The van der Waals surface area contributed by atoms with E-state index in [1.165, 1.54) is 4.90 Å². The van der Waals surface area contributed by atoms with Gasteiger partial charge in [-0.2, -0.15) is 0 Å². The summed E-state index contributed by atoms with van der Waals surface area (Å²) in [6, 6.07) is 19.9. The molecule has 3 aromatic carbocycles. The number of carbonyl (C=O) groups excluding carboxylic acids is 2. The molecule has 0 aromatic heterocycles. The van der Waals surface area contributed by atoms with E-state index in [1.54, 1.807) is 73.7 Å². The minimum atomic E-state index is -0.791. The standard InChI is InChI=1S/C24H17Cl2NO3/c1-14-13-16(9-12-19(14)26)22(28)20-21(15-7-10-17(25)11-8-15)27(24(30)23(20)29)18-5-3-2-4-6-18/h2-13,21,29H,1H3. The maximum atomic E-state index is 13.4. The lowest BCUT2D eigenvalue weighted by atomic mass is 9.92. The number of aliphatic hydroxyl groups excluding tert-OH is 1. The number of amides is 1. The summed E-state index contributed by atoms with van der Waals surface area (Å²) >= 11 is 12.1. The Kier molecular flexibility index (Phi) is 5.37. The molecule has 0 spiro atoms. The second-order valence-corrected chi connectivity index (χ2v) is 7.86. The number of hydrogen-bond donors (Lipinski definition) is 1. The van der Waals surface area contributed by atoms with Crippen molar-refractivity contribution in [2.75, 3.05) is 4.90 Å². The van der Waals surface area contributed by atoms with Gasteiger partial charge in [-0.15, -0.1) is 0 Å². The molecule has 0 aliphatic carbocycles. The van der Waals surface area contributed by atoms with Crippen LogP contribution in [0, 0.1) is 6.92 Å². The van der Waals surface area contributed by atoms with Crippen LogP contribution in [-0.2, 0) is 4.79 Å². The minimum Gasteiger partial charge on any atom is -0.503 e. The average Bonchev–Trinajstić information content (AvgIpc) is 3.01. The lowest BCUT2D eigenvalue weighted by molar-refractivity contribution is -0.117. The molecule has 4 rings (SSSR count). The minimum absolute atomic E-state index is 0.0212. The summed E-state index contributed by atoms with van der Waals surface area (Å²) in [6.07, 6.45) is 0. The van der Waals surface area contributed by atoms with Gasteiger partial charge in [0, 0.05) is 21.3 Å². The van der Waals surface area contributed by atoms with Crippen molar-refractivity contribution in [2.45, 2.75) is 13.0 Å². The highest BCUT2D eigenvalue weighted by Gasteiger charge is 2.44. The summed E-state index contributed by atoms with van der Waals surface area (Å²) in [4.78, 5) is 27.9. The molecular formula is C24H17Cl2NO3. The van der Waals surface area contributed by atoms with Gasteiger partial charge in [0.1, 0.15) is 0 Å². The largest absolute Gasteiger partial charge is 0.503 e. The summed E-state index contributed by atoms with van der Waals surface area (Å²) in [6.45, 7) is 1.79. The molecular weight excluding hydrogens is 421 g/mol. The first kappa shape index (κ1) is 20.2. The van der Waals surface area contributed by atoms with Gasteiger partial charge >= 0.3 is 0 Å². The number of nitrogens with zero attached hydrogens (tertiary/aromatic N) is 1. The topological polar surface area (TPSA) is 57.6 Å². The number of rotatable bonds is 4. The van der Waals surface area contributed by atoms with E-state index in [1.807, 2.05) is 6.07 Å². The normalized spacial score (nSPS) is 16.3. The van der Waals surface area contributed by atoms with E-state index in [2.05, 4.69) is 0 Å². The predicted molar refractivity (Wildman–Crippen MR) is 118 cm³/mol. The highest BCUT2D eigenvalue weighted by molar-refractivity contribution is 6.31. The highest BCUT2D eigenvalue weighted by atomic mass is 35.5. The maximum Gasteiger partial charge on any atom is 0.294 e. The number of halogens is 2. The van der Waals surface area contributed by atoms with Crippen molar-refractivity contribution < 1.29 is 14.7 Å². The quantitative estimate of drug-likeness (QED) is 0.502. The van der Waals surface area contributed by atoms with Crippen molar-refractivity contribution in [2.24, 2.45) is 0 Å². The van der Waals surface area contributed by atoms with E-state index in [-0.39, 0.29) is 5.57 Å². The Morgan fingerprint density at radius 3 is 2.27 bits per heavy atom. The van der Waals surface area contributed by atoms with Crippen LogP contribution in [0.3, 0.4) is 0 Å². The Balaban J connectivity index is 1.88. The number of anilines is 1. The summed E-state index contributed by atoms with van der Waals surface area (Å²) in [7, 11) is 0. The summed E-state index contributed by atoms with van der Waals surface area (Å²) < 4.78 is 0. The molecule has 1 N–H and O–H groups in total. The molecule has 150 valence electrons. The Morgan fingerprint density at radius 2 is 1.63 bits per heavy atom. The van der Waals surface area contributed by atoms with Crippen molar-refractivity contribution in [1.29, 1.82) is 0 Å². The maximum absolute atomic E-state index is 13.4. The van der Waals surface area contributed by atoms with Crippen LogP contribution in [0.1, 0.15) is 27.5 Å². The number of carbonyl (C=O) groups is 2. The molecule has 3 aromatic rings. The fourth-order valence-electron chi connectivity index (χ4n) is 3.59. The fourth-order valence-corrected chi connectivity index (χ4v) is 3.84. The monoisotopic (exact) mass is 437 g/mol. The van der Waals surface area contributed by atoms with Gasteiger partial charge in [-0.1, -0.05) is 53.5 Å². The van der Waals surface area contributed by atoms with Crippen LogP contribution in [0.4, 0.5) is 5.69 Å². The molecule has 0 saturated heterocycles. The van der Waals surface area contributed by atoms with E-state index in [0.29, 0.717) is 26.9 Å². The molecule has 6 heteroatoms. The van der Waals surface area contributed by atoms with Gasteiger partial charge in [0.25, 0.3) is 5.91 Å². The number of ketones is 1. The van der Waals surface area contributed by atoms with Crippen molar-refractivity contribution in [3.8, 4) is 0 Å². The van der Waals surface area contributed by atoms with Crippen LogP contribution in [0.15, 0.2) is 84.1 Å². The molecule has 1 aliphatic heterocycles. The molecule has 1 unspecified atom stereocenters. The van der Waals surface area contributed by atoms with Gasteiger partial charge in [0.2, 0.25) is 0 Å². The van der Waals surface area contributed by atoms with Gasteiger partial charge in [0.05, 0.1) is 11.6 Å². The van der Waals surface area contributed by atoms with Gasteiger partial charge in [-0.25, -0.2) is 0 Å². The number of para-hydroxylation sites is 1. The Hall–Kier alpha value is -3.08. The van der Waals surface area contributed by atoms with Crippen molar-refractivity contribution in [3.05, 3.63) is 111 Å². The molecule has 4 nitrogen and oxygen atoms in total. The van der Waals surface area contributed by atoms with Crippen LogP contribution < -0.4 is 4.90 Å². The number of hydrogen-bond acceptors (Lipinski definition) is 3. The van der Waals surface area contributed by atoms with Crippen LogP contribution in [-0.4, -0.2) is 16.8 Å². The first-order valence-electron chi connectivity index (χ1n) is 9.26. The van der Waals surface area contributed by atoms with E-state index in [0.717, 1.165) is 5.56 Å². The number of aryl methyl sites for hydroxylation is 1. The van der Waals surface area contributed by atoms with Crippen LogP contribution >= 0.6 is 23.2 Å². The zero-order valence-corrected chi connectivity index (χ0v) is 17.5. The molecule has 1 aliphatic rings. The molecule has 0 saturated carbocycles. The Labute approximate surface area is 184 Å². The summed E-state index contributed by atoms with van der Waals surface area (Å²) in [5.74, 6) is -1.62. The van der Waals surface area contributed by atoms with Crippen LogP contribution in [0.25, 0.3) is 0 Å². The second kappa shape index (κ2) is 7.98. The van der Waals surface area contributed by atoms with E-state index < -0.39 is 23.5 Å². The van der Waals surface area contributed by atoms with Gasteiger partial charge < -0.3 is 5.11 Å². The molecule has 1 amide bonds. The molecule has 0 bridgehead atoms. The Bertz CT molecular complexity index is 1170. The highest BCUT2D eigenvalue weighted by Crippen LogP contribution is 2.42. The molecule has 0 fully saturated rings. The van der Waals surface area contributed by atoms with Gasteiger partial charge in [-0.05, 0) is 60.5 Å². The first-order chi connectivity index (χ1) is 14.4. The SMILES string of the molecule is Cc1cc(C(=O)C2=C(O)C(=O)N(c3ccccc3)C2c2ccc(Cl)cc2)ccc1Cl. The second-order valence-electron chi connectivity index (χ2n) is 7.02. The number of benzene rings is 3. The van der Waals surface area contributed by atoms with Gasteiger partial charge in [-0.3, -0.25) is 14.5 Å². The molecule has 0 radical (unpaired) electrons. The van der Waals surface area contributed by atoms with Gasteiger partial charge in [0.15, 0.2) is 11.5 Å². The van der Waals surface area contributed by atoms with E-state index >= 15 is 0 Å². The van der Waals surface area contributed by atoms with E-state index in [9.17, 15) is 14.7 Å². The number of aliphatic hydroxyl groups is 1. The van der Waals surface area contributed by atoms with E-state index in [4.69, 9.17) is 23.2 Å². The third-order valence-electron chi connectivity index (χ3n) is 5.09. The third-order valence-corrected chi connectivity index (χ3v) is 5.77. The van der Waals surface area contributed by atoms with Crippen molar-refractivity contribution in [3.63, 3.8) is 0 Å². The Morgan fingerprint density at radius 1 is 0.967 bits per heavy atom. The first-order valence-corrected chi connectivity index (χ1v) is 10.0. The molecule has 30 heavy (non-hydrogen) atoms. The fraction of sp³-hybridized carbons (Fsp3) is 0.0833. The third kappa shape index (κ3) is 3.49. The lowest BCUT2D eigenvalue weighted by Gasteiger charge is -2.27. The number of Topliss-reactive ketones (excluding diaryl/α,β-unsaturated/α-hetero) is 1. The summed E-state index contributed by atoms with van der Waals surface area (Å²) in [5.41, 5.74) is 2.33.